The van der Waals surface area contributed by atoms with E-state index in [4.69, 9.17) is 9.47 Å². The SMILES string of the molecule is CCOC(=O)C(C)(C)C1(O)CCCc2ccc(OC)cc21. The highest BCUT2D eigenvalue weighted by molar-refractivity contribution is 5.78. The minimum atomic E-state index is -1.23. The van der Waals surface area contributed by atoms with E-state index in [1.165, 1.54) is 0 Å². The van der Waals surface area contributed by atoms with Gasteiger partial charge in [-0.15, -0.1) is 0 Å². The summed E-state index contributed by atoms with van der Waals surface area (Å²) >= 11 is 0. The third kappa shape index (κ3) is 2.53. The summed E-state index contributed by atoms with van der Waals surface area (Å²) in [6.07, 6.45) is 2.29. The van der Waals surface area contributed by atoms with Crippen LogP contribution in [0, 0.1) is 5.41 Å². The number of carbonyl (C=O) groups excluding carboxylic acids is 1. The second-order valence-electron chi connectivity index (χ2n) is 6.08. The van der Waals surface area contributed by atoms with Gasteiger partial charge in [0.05, 0.1) is 19.1 Å². The molecule has 2 rings (SSSR count). The van der Waals surface area contributed by atoms with Crippen LogP contribution in [0.2, 0.25) is 0 Å². The Morgan fingerprint density at radius 3 is 2.76 bits per heavy atom. The molecule has 0 bridgehead atoms. The lowest BCUT2D eigenvalue weighted by atomic mass is 9.64. The molecule has 0 saturated heterocycles. The second kappa shape index (κ2) is 5.68. The van der Waals surface area contributed by atoms with Crippen molar-refractivity contribution in [2.24, 2.45) is 5.41 Å². The lowest BCUT2D eigenvalue weighted by Crippen LogP contribution is -2.49. The molecule has 21 heavy (non-hydrogen) atoms. The number of ether oxygens (including phenoxy) is 2. The average Bonchev–Trinajstić information content (AvgIpc) is 2.47. The maximum atomic E-state index is 12.3. The lowest BCUT2D eigenvalue weighted by Gasteiger charge is -2.44. The number of esters is 1. The highest BCUT2D eigenvalue weighted by atomic mass is 16.5. The Balaban J connectivity index is 2.51. The van der Waals surface area contributed by atoms with Crippen LogP contribution in [0.1, 0.15) is 44.7 Å². The van der Waals surface area contributed by atoms with E-state index in [9.17, 15) is 9.90 Å². The van der Waals surface area contributed by atoms with Crippen molar-refractivity contribution >= 4 is 5.97 Å². The Morgan fingerprint density at radius 2 is 2.14 bits per heavy atom. The predicted molar refractivity (Wildman–Crippen MR) is 80.2 cm³/mol. The van der Waals surface area contributed by atoms with Crippen molar-refractivity contribution in [1.29, 1.82) is 0 Å². The van der Waals surface area contributed by atoms with Crippen molar-refractivity contribution in [1.82, 2.24) is 0 Å². The molecule has 0 aromatic heterocycles. The van der Waals surface area contributed by atoms with Crippen molar-refractivity contribution in [3.05, 3.63) is 29.3 Å². The first-order valence-corrected chi connectivity index (χ1v) is 7.44. The number of hydrogen-bond donors (Lipinski definition) is 1. The Labute approximate surface area is 126 Å². The van der Waals surface area contributed by atoms with Crippen molar-refractivity contribution in [3.8, 4) is 5.75 Å². The van der Waals surface area contributed by atoms with Crippen LogP contribution in [0.3, 0.4) is 0 Å². The molecular weight excluding hydrogens is 268 g/mol. The Morgan fingerprint density at radius 1 is 1.43 bits per heavy atom. The smallest absolute Gasteiger partial charge is 0.314 e. The van der Waals surface area contributed by atoms with E-state index in [-0.39, 0.29) is 5.97 Å². The Bertz CT molecular complexity index is 536. The monoisotopic (exact) mass is 292 g/mol. The van der Waals surface area contributed by atoms with Crippen molar-refractivity contribution in [2.75, 3.05) is 13.7 Å². The van der Waals surface area contributed by atoms with Gasteiger partial charge in [0.15, 0.2) is 0 Å². The molecule has 116 valence electrons. The molecule has 1 aliphatic carbocycles. The third-order valence-electron chi connectivity index (χ3n) is 4.57. The molecular formula is C17H24O4. The molecule has 1 aromatic carbocycles. The van der Waals surface area contributed by atoms with Gasteiger partial charge in [-0.2, -0.15) is 0 Å². The first-order chi connectivity index (χ1) is 9.86. The normalized spacial score (nSPS) is 21.6. The van der Waals surface area contributed by atoms with E-state index < -0.39 is 11.0 Å². The van der Waals surface area contributed by atoms with E-state index in [1.807, 2.05) is 18.2 Å². The first kappa shape index (κ1) is 15.8. The summed E-state index contributed by atoms with van der Waals surface area (Å²) < 4.78 is 10.4. The molecule has 1 atom stereocenters. The van der Waals surface area contributed by atoms with E-state index in [0.29, 0.717) is 18.8 Å². The van der Waals surface area contributed by atoms with Crippen molar-refractivity contribution in [2.45, 2.75) is 45.6 Å². The Kier molecular flexibility index (Phi) is 4.28. The molecule has 4 nitrogen and oxygen atoms in total. The van der Waals surface area contributed by atoms with Gasteiger partial charge in [0.25, 0.3) is 0 Å². The molecule has 1 aliphatic rings. The summed E-state index contributed by atoms with van der Waals surface area (Å²) in [5, 5.41) is 11.3. The van der Waals surface area contributed by atoms with Gasteiger partial charge >= 0.3 is 5.97 Å². The van der Waals surface area contributed by atoms with Gasteiger partial charge in [-0.05, 0) is 63.3 Å². The van der Waals surface area contributed by atoms with Gasteiger partial charge < -0.3 is 14.6 Å². The fourth-order valence-electron chi connectivity index (χ4n) is 3.08. The topological polar surface area (TPSA) is 55.8 Å². The molecule has 1 N–H and O–H groups in total. The first-order valence-electron chi connectivity index (χ1n) is 7.44. The number of rotatable bonds is 4. The zero-order valence-corrected chi connectivity index (χ0v) is 13.2. The predicted octanol–water partition coefficient (Wildman–Crippen LogP) is 2.81. The highest BCUT2D eigenvalue weighted by Gasteiger charge is 2.52. The minimum Gasteiger partial charge on any atom is -0.497 e. The summed E-state index contributed by atoms with van der Waals surface area (Å²) in [5.74, 6) is 0.317. The van der Waals surface area contributed by atoms with Crippen LogP contribution in [-0.4, -0.2) is 24.8 Å². The molecule has 1 aromatic rings. The number of fused-ring (bicyclic) bond motifs is 1. The molecule has 0 aliphatic heterocycles. The maximum Gasteiger partial charge on any atom is 0.314 e. The van der Waals surface area contributed by atoms with Gasteiger partial charge in [-0.25, -0.2) is 0 Å². The molecule has 0 spiro atoms. The van der Waals surface area contributed by atoms with E-state index in [1.54, 1.807) is 27.9 Å². The van der Waals surface area contributed by atoms with Crippen molar-refractivity contribution < 1.29 is 19.4 Å². The van der Waals surface area contributed by atoms with Gasteiger partial charge in [0.1, 0.15) is 11.4 Å². The average molecular weight is 292 g/mol. The summed E-state index contributed by atoms with van der Waals surface area (Å²) in [7, 11) is 1.60. The number of carbonyl (C=O) groups is 1. The summed E-state index contributed by atoms with van der Waals surface area (Å²) in [4.78, 5) is 12.3. The van der Waals surface area contributed by atoms with Gasteiger partial charge in [-0.1, -0.05) is 6.07 Å². The number of aliphatic hydroxyl groups is 1. The standard InChI is InChI=1S/C17H24O4/c1-5-21-15(18)16(2,3)17(19)10-6-7-12-8-9-13(20-4)11-14(12)17/h8-9,11,19H,5-7,10H2,1-4H3. The van der Waals surface area contributed by atoms with Crippen LogP contribution < -0.4 is 4.74 Å². The number of hydrogen-bond acceptors (Lipinski definition) is 4. The second-order valence-corrected chi connectivity index (χ2v) is 6.08. The van der Waals surface area contributed by atoms with Gasteiger partial charge in [-0.3, -0.25) is 4.79 Å². The van der Waals surface area contributed by atoms with Crippen LogP contribution in [-0.2, 0) is 21.6 Å². The molecule has 0 amide bonds. The zero-order valence-electron chi connectivity index (χ0n) is 13.2. The zero-order chi connectivity index (χ0) is 15.7. The minimum absolute atomic E-state index is 0.309. The van der Waals surface area contributed by atoms with Crippen LogP contribution in [0.25, 0.3) is 0 Å². The fourth-order valence-corrected chi connectivity index (χ4v) is 3.08. The Hall–Kier alpha value is -1.55. The van der Waals surface area contributed by atoms with Crippen LogP contribution in [0.5, 0.6) is 5.75 Å². The van der Waals surface area contributed by atoms with Crippen molar-refractivity contribution in [3.63, 3.8) is 0 Å². The maximum absolute atomic E-state index is 12.3. The summed E-state index contributed by atoms with van der Waals surface area (Å²) in [6.45, 7) is 5.58. The number of aryl methyl sites for hydroxylation is 1. The van der Waals surface area contributed by atoms with Crippen LogP contribution in [0.4, 0.5) is 0 Å². The summed E-state index contributed by atoms with van der Waals surface area (Å²) in [6, 6.07) is 5.71. The lowest BCUT2D eigenvalue weighted by molar-refractivity contribution is -0.174. The molecule has 1 unspecified atom stereocenters. The van der Waals surface area contributed by atoms with Gasteiger partial charge in [0, 0.05) is 0 Å². The third-order valence-corrected chi connectivity index (χ3v) is 4.57. The molecule has 0 fully saturated rings. The molecule has 0 saturated carbocycles. The van der Waals surface area contributed by atoms with Crippen LogP contribution in [0.15, 0.2) is 18.2 Å². The molecule has 0 heterocycles. The van der Waals surface area contributed by atoms with Crippen LogP contribution >= 0.6 is 0 Å². The molecule has 4 heteroatoms. The fraction of sp³-hybridized carbons (Fsp3) is 0.588. The van der Waals surface area contributed by atoms with E-state index in [0.717, 1.165) is 24.0 Å². The summed E-state index contributed by atoms with van der Waals surface area (Å²) in [5.41, 5.74) is -0.389. The quantitative estimate of drug-likeness (QED) is 0.867. The highest BCUT2D eigenvalue weighted by Crippen LogP contribution is 2.48. The van der Waals surface area contributed by atoms with Gasteiger partial charge in [0.2, 0.25) is 0 Å². The van der Waals surface area contributed by atoms with E-state index >= 15 is 0 Å². The largest absolute Gasteiger partial charge is 0.497 e. The number of benzene rings is 1. The molecule has 0 radical (unpaired) electrons. The van der Waals surface area contributed by atoms with E-state index in [2.05, 4.69) is 0 Å². The number of methoxy groups -OCH3 is 1.